The summed E-state index contributed by atoms with van der Waals surface area (Å²) in [5.74, 6) is 0.859. The Morgan fingerprint density at radius 3 is 1.52 bits per heavy atom. The zero-order valence-corrected chi connectivity index (χ0v) is 18.5. The maximum Gasteiger partial charge on any atom is 0.200 e. The predicted octanol–water partition coefficient (Wildman–Crippen LogP) is 5.13. The monoisotopic (exact) mass is 392 g/mol. The quantitative estimate of drug-likeness (QED) is 0.353. The lowest BCUT2D eigenvalue weighted by molar-refractivity contribution is 0.570. The van der Waals surface area contributed by atoms with Gasteiger partial charge in [-0.3, -0.25) is 9.89 Å². The van der Waals surface area contributed by atoms with E-state index < -0.39 is 0 Å². The zero-order valence-electron chi connectivity index (χ0n) is 18.5. The lowest BCUT2D eigenvalue weighted by Gasteiger charge is -2.21. The van der Waals surface area contributed by atoms with Crippen LogP contribution < -0.4 is 10.6 Å². The first kappa shape index (κ1) is 21.4. The number of guanidine groups is 1. The molecule has 2 aromatic rings. The Labute approximate surface area is 176 Å². The van der Waals surface area contributed by atoms with Gasteiger partial charge in [0.1, 0.15) is 0 Å². The third-order valence-electron chi connectivity index (χ3n) is 5.71. The molecule has 0 amide bonds. The zero-order chi connectivity index (χ0) is 20.6. The number of benzene rings is 2. The number of para-hydroxylation sites is 2. The fraction of sp³-hybridized carbons (Fsp3) is 0.480. The van der Waals surface area contributed by atoms with Crippen LogP contribution in [-0.4, -0.2) is 37.0 Å². The number of hydrogen-bond donors (Lipinski definition) is 2. The number of aryl methyl sites for hydroxylation is 4. The van der Waals surface area contributed by atoms with E-state index in [1.54, 1.807) is 0 Å². The van der Waals surface area contributed by atoms with Gasteiger partial charge in [-0.15, -0.1) is 0 Å². The number of aliphatic imine (C=N–C) groups is 1. The Morgan fingerprint density at radius 2 is 1.17 bits per heavy atom. The van der Waals surface area contributed by atoms with E-state index in [0.29, 0.717) is 0 Å². The number of nitrogens with zero attached hydrogens (tertiary/aromatic N) is 2. The summed E-state index contributed by atoms with van der Waals surface area (Å²) in [6.07, 6.45) is 4.01. The minimum Gasteiger partial charge on any atom is -0.326 e. The Hall–Kier alpha value is -2.33. The summed E-state index contributed by atoms with van der Waals surface area (Å²) in [5, 5.41) is 7.37. The van der Waals surface area contributed by atoms with Gasteiger partial charge in [0.2, 0.25) is 0 Å². The van der Waals surface area contributed by atoms with Gasteiger partial charge in [0.15, 0.2) is 5.96 Å². The highest BCUT2D eigenvalue weighted by Gasteiger charge is 2.16. The molecule has 4 nitrogen and oxygen atoms in total. The van der Waals surface area contributed by atoms with Crippen LogP contribution in [0.3, 0.4) is 0 Å². The summed E-state index contributed by atoms with van der Waals surface area (Å²) >= 11 is 0. The lowest BCUT2D eigenvalue weighted by Crippen LogP contribution is -2.26. The molecule has 1 aliphatic rings. The van der Waals surface area contributed by atoms with Gasteiger partial charge in [-0.1, -0.05) is 64.1 Å². The summed E-state index contributed by atoms with van der Waals surface area (Å²) < 4.78 is 0. The Morgan fingerprint density at radius 1 is 0.759 bits per heavy atom. The van der Waals surface area contributed by atoms with E-state index >= 15 is 0 Å². The first-order valence-electron chi connectivity index (χ1n) is 11.2. The maximum atomic E-state index is 4.95. The molecule has 0 bridgehead atoms. The van der Waals surface area contributed by atoms with Crippen molar-refractivity contribution in [2.75, 3.05) is 36.8 Å². The Bertz CT molecular complexity index is 733. The third-order valence-corrected chi connectivity index (χ3v) is 5.71. The second-order valence-corrected chi connectivity index (χ2v) is 7.64. The van der Waals surface area contributed by atoms with Crippen molar-refractivity contribution in [3.63, 3.8) is 0 Å². The molecule has 0 unspecified atom stereocenters. The van der Waals surface area contributed by atoms with E-state index in [2.05, 4.69) is 79.6 Å². The minimum absolute atomic E-state index is 0.806. The molecule has 0 saturated carbocycles. The van der Waals surface area contributed by atoms with Gasteiger partial charge in [0, 0.05) is 31.0 Å². The molecule has 2 N–H and O–H groups in total. The fourth-order valence-corrected chi connectivity index (χ4v) is 3.75. The number of rotatable bonds is 9. The molecule has 0 spiro atoms. The van der Waals surface area contributed by atoms with Gasteiger partial charge in [-0.2, -0.15) is 0 Å². The van der Waals surface area contributed by atoms with E-state index in [9.17, 15) is 0 Å². The van der Waals surface area contributed by atoms with Gasteiger partial charge in [-0.25, -0.2) is 0 Å². The summed E-state index contributed by atoms with van der Waals surface area (Å²) in [5.41, 5.74) is 7.77. The van der Waals surface area contributed by atoms with Crippen molar-refractivity contribution < 1.29 is 0 Å². The molecule has 156 valence electrons. The van der Waals surface area contributed by atoms with E-state index in [-0.39, 0.29) is 0 Å². The molecular weight excluding hydrogens is 356 g/mol. The first-order chi connectivity index (χ1) is 14.2. The number of anilines is 2. The normalized spacial score (nSPS) is 13.2. The van der Waals surface area contributed by atoms with Crippen LogP contribution in [0.4, 0.5) is 11.4 Å². The molecule has 4 heteroatoms. The maximum absolute atomic E-state index is 4.95. The van der Waals surface area contributed by atoms with Crippen molar-refractivity contribution in [3.05, 3.63) is 58.7 Å². The highest BCUT2D eigenvalue weighted by Crippen LogP contribution is 2.25. The molecule has 0 radical (unpaired) electrons. The van der Waals surface area contributed by atoms with E-state index in [0.717, 1.165) is 44.7 Å². The van der Waals surface area contributed by atoms with Crippen molar-refractivity contribution in [2.24, 2.45) is 4.99 Å². The number of hydrogen-bond acceptors (Lipinski definition) is 2. The van der Waals surface area contributed by atoms with E-state index in [1.807, 2.05) is 0 Å². The Kier molecular flexibility index (Phi) is 7.70. The van der Waals surface area contributed by atoms with Crippen molar-refractivity contribution in [2.45, 2.75) is 53.4 Å². The molecule has 1 heterocycles. The van der Waals surface area contributed by atoms with Gasteiger partial charge < -0.3 is 10.6 Å². The smallest absolute Gasteiger partial charge is 0.200 e. The van der Waals surface area contributed by atoms with Crippen LogP contribution >= 0.6 is 0 Å². The summed E-state index contributed by atoms with van der Waals surface area (Å²) in [4.78, 5) is 7.36. The molecule has 1 fully saturated rings. The van der Waals surface area contributed by atoms with Crippen LogP contribution in [0.2, 0.25) is 0 Å². The van der Waals surface area contributed by atoms with Crippen LogP contribution in [-0.2, 0) is 25.7 Å². The van der Waals surface area contributed by atoms with Gasteiger partial charge >= 0.3 is 0 Å². The second-order valence-electron chi connectivity index (χ2n) is 7.64. The molecule has 1 aliphatic heterocycles. The average Bonchev–Trinajstić information content (AvgIpc) is 3.58. The molecular formula is C25H36N4. The van der Waals surface area contributed by atoms with Crippen molar-refractivity contribution in [3.8, 4) is 0 Å². The largest absolute Gasteiger partial charge is 0.326 e. The van der Waals surface area contributed by atoms with Crippen molar-refractivity contribution >= 4 is 17.3 Å². The summed E-state index contributed by atoms with van der Waals surface area (Å²) in [7, 11) is 0. The summed E-state index contributed by atoms with van der Waals surface area (Å²) in [6, 6.07) is 13.2. The highest BCUT2D eigenvalue weighted by atomic mass is 15.3. The van der Waals surface area contributed by atoms with Crippen molar-refractivity contribution in [1.82, 2.24) is 4.90 Å². The minimum atomic E-state index is 0.806. The van der Waals surface area contributed by atoms with Crippen LogP contribution in [0.15, 0.2) is 41.4 Å². The molecule has 0 aromatic heterocycles. The molecule has 1 saturated heterocycles. The van der Waals surface area contributed by atoms with Gasteiger partial charge in [0.05, 0.1) is 6.54 Å². The van der Waals surface area contributed by atoms with Crippen molar-refractivity contribution in [1.29, 1.82) is 0 Å². The first-order valence-corrected chi connectivity index (χ1v) is 11.2. The molecule has 3 rings (SSSR count). The average molecular weight is 393 g/mol. The third kappa shape index (κ3) is 5.60. The molecule has 29 heavy (non-hydrogen) atoms. The fourth-order valence-electron chi connectivity index (χ4n) is 3.75. The second kappa shape index (κ2) is 10.4. The van der Waals surface area contributed by atoms with E-state index in [1.165, 1.54) is 46.7 Å². The van der Waals surface area contributed by atoms with Crippen LogP contribution in [0.25, 0.3) is 0 Å². The topological polar surface area (TPSA) is 39.4 Å². The van der Waals surface area contributed by atoms with Gasteiger partial charge in [-0.05, 0) is 47.9 Å². The molecule has 0 atom stereocenters. The van der Waals surface area contributed by atoms with Crippen LogP contribution in [0.1, 0.15) is 49.9 Å². The number of nitrogens with one attached hydrogen (secondary N) is 2. The predicted molar refractivity (Wildman–Crippen MR) is 126 cm³/mol. The molecule has 0 aliphatic carbocycles. The SMILES string of the molecule is CCc1cccc(CC)c1NC(=NCCN1CC1)Nc1c(CC)cccc1CC. The van der Waals surface area contributed by atoms with E-state index in [4.69, 9.17) is 4.99 Å². The standard InChI is InChI=1S/C25H36N4/c1-5-19-11-9-12-20(6-2)23(19)27-25(26-15-16-29-17-18-29)28-24-21(7-3)13-10-14-22(24)8-4/h9-14H,5-8,15-18H2,1-4H3,(H2,26,27,28). The molecule has 2 aromatic carbocycles. The van der Waals surface area contributed by atoms with Crippen LogP contribution in [0, 0.1) is 0 Å². The van der Waals surface area contributed by atoms with Gasteiger partial charge in [0.25, 0.3) is 0 Å². The lowest BCUT2D eigenvalue weighted by atomic mass is 10.0. The summed E-state index contributed by atoms with van der Waals surface area (Å²) in [6.45, 7) is 13.1. The van der Waals surface area contributed by atoms with Crippen LogP contribution in [0.5, 0.6) is 0 Å². The Balaban J connectivity index is 1.92. The highest BCUT2D eigenvalue weighted by molar-refractivity contribution is 6.05.